The minimum atomic E-state index is -3.53. The first-order chi connectivity index (χ1) is 13.1. The Balaban J connectivity index is 0.00000280. The van der Waals surface area contributed by atoms with E-state index in [4.69, 9.17) is 0 Å². The van der Waals surface area contributed by atoms with Crippen LogP contribution >= 0.6 is 12.4 Å². The molecule has 1 unspecified atom stereocenters. The fraction of sp³-hybridized carbons (Fsp3) is 0.632. The summed E-state index contributed by atoms with van der Waals surface area (Å²) in [4.78, 5) is 15.2. The number of halogens is 1. The van der Waals surface area contributed by atoms with E-state index in [2.05, 4.69) is 15.5 Å². The van der Waals surface area contributed by atoms with Gasteiger partial charge in [-0.3, -0.25) is 4.79 Å². The SMILES string of the molecule is Cl.O=C(NCCCN1CCNCC1)C1CCCN(S(=O)(=O)c2ccccc2)C1. The predicted molar refractivity (Wildman–Crippen MR) is 112 cm³/mol. The highest BCUT2D eigenvalue weighted by molar-refractivity contribution is 7.89. The summed E-state index contributed by atoms with van der Waals surface area (Å²) in [5.74, 6) is -0.292. The molecule has 3 rings (SSSR count). The molecule has 2 heterocycles. The van der Waals surface area contributed by atoms with Crippen molar-refractivity contribution >= 4 is 28.3 Å². The average molecular weight is 431 g/mol. The zero-order valence-electron chi connectivity index (χ0n) is 16.2. The number of sulfonamides is 1. The van der Waals surface area contributed by atoms with Gasteiger partial charge in [0.1, 0.15) is 0 Å². The molecule has 1 atom stereocenters. The van der Waals surface area contributed by atoms with E-state index in [9.17, 15) is 13.2 Å². The number of benzene rings is 1. The van der Waals surface area contributed by atoms with Gasteiger partial charge < -0.3 is 15.5 Å². The number of carbonyl (C=O) groups is 1. The van der Waals surface area contributed by atoms with Gasteiger partial charge in [-0.1, -0.05) is 18.2 Å². The number of nitrogens with zero attached hydrogens (tertiary/aromatic N) is 2. The summed E-state index contributed by atoms with van der Waals surface area (Å²) < 4.78 is 27.0. The average Bonchev–Trinajstić information content (AvgIpc) is 2.72. The van der Waals surface area contributed by atoms with Crippen LogP contribution in [0.3, 0.4) is 0 Å². The van der Waals surface area contributed by atoms with Gasteiger partial charge in [-0.05, 0) is 37.9 Å². The highest BCUT2D eigenvalue weighted by Gasteiger charge is 2.33. The molecule has 0 aromatic heterocycles. The molecule has 1 aromatic carbocycles. The molecule has 2 fully saturated rings. The molecule has 158 valence electrons. The zero-order valence-corrected chi connectivity index (χ0v) is 17.8. The molecule has 0 saturated carbocycles. The molecule has 1 aromatic rings. The molecular weight excluding hydrogens is 400 g/mol. The summed E-state index contributed by atoms with van der Waals surface area (Å²) in [6.07, 6.45) is 2.37. The Labute approximate surface area is 174 Å². The molecule has 2 aliphatic heterocycles. The van der Waals surface area contributed by atoms with E-state index in [1.165, 1.54) is 4.31 Å². The quantitative estimate of drug-likeness (QED) is 0.628. The molecule has 9 heteroatoms. The molecule has 0 spiro atoms. The Bertz CT molecular complexity index is 711. The van der Waals surface area contributed by atoms with Crippen LogP contribution < -0.4 is 10.6 Å². The third-order valence-corrected chi connectivity index (χ3v) is 7.18. The van der Waals surface area contributed by atoms with Gasteiger partial charge in [-0.15, -0.1) is 12.4 Å². The third kappa shape index (κ3) is 6.15. The second kappa shape index (κ2) is 11.1. The van der Waals surface area contributed by atoms with Crippen LogP contribution in [0.5, 0.6) is 0 Å². The van der Waals surface area contributed by atoms with Crippen molar-refractivity contribution in [3.63, 3.8) is 0 Å². The van der Waals surface area contributed by atoms with Crippen molar-refractivity contribution in [2.45, 2.75) is 24.2 Å². The first-order valence-electron chi connectivity index (χ1n) is 9.83. The molecule has 0 aliphatic carbocycles. The zero-order chi connectivity index (χ0) is 19.1. The van der Waals surface area contributed by atoms with Crippen LogP contribution in [-0.2, 0) is 14.8 Å². The Morgan fingerprint density at radius 3 is 2.57 bits per heavy atom. The van der Waals surface area contributed by atoms with E-state index in [1.807, 2.05) is 0 Å². The minimum absolute atomic E-state index is 0. The molecule has 2 saturated heterocycles. The Kier molecular flexibility index (Phi) is 9.17. The summed E-state index contributed by atoms with van der Waals surface area (Å²) >= 11 is 0. The van der Waals surface area contributed by atoms with Crippen LogP contribution in [0, 0.1) is 5.92 Å². The number of nitrogens with one attached hydrogen (secondary N) is 2. The highest BCUT2D eigenvalue weighted by atomic mass is 35.5. The summed E-state index contributed by atoms with van der Waals surface area (Å²) in [5.41, 5.74) is 0. The van der Waals surface area contributed by atoms with Crippen molar-refractivity contribution in [3.05, 3.63) is 30.3 Å². The number of hydrogen-bond acceptors (Lipinski definition) is 5. The second-order valence-corrected chi connectivity index (χ2v) is 9.19. The molecule has 0 bridgehead atoms. The Morgan fingerprint density at radius 2 is 1.86 bits per heavy atom. The second-order valence-electron chi connectivity index (χ2n) is 7.25. The molecule has 1 amide bonds. The predicted octanol–water partition coefficient (Wildman–Crippen LogP) is 0.921. The minimum Gasteiger partial charge on any atom is -0.356 e. The van der Waals surface area contributed by atoms with E-state index in [-0.39, 0.29) is 30.8 Å². The van der Waals surface area contributed by atoms with Gasteiger partial charge in [-0.2, -0.15) is 4.31 Å². The lowest BCUT2D eigenvalue weighted by Crippen LogP contribution is -2.46. The first kappa shape index (κ1) is 23.1. The van der Waals surface area contributed by atoms with E-state index >= 15 is 0 Å². The number of carbonyl (C=O) groups excluding carboxylic acids is 1. The summed E-state index contributed by atoms with van der Waals surface area (Å²) in [6.45, 7) is 6.54. The molecular formula is C19H31ClN4O3S. The maximum Gasteiger partial charge on any atom is 0.243 e. The Hall–Kier alpha value is -1.19. The van der Waals surface area contributed by atoms with E-state index in [1.54, 1.807) is 30.3 Å². The summed E-state index contributed by atoms with van der Waals surface area (Å²) in [5, 5.41) is 6.33. The number of rotatable bonds is 7. The number of piperidine rings is 1. The molecule has 28 heavy (non-hydrogen) atoms. The molecule has 2 aliphatic rings. The van der Waals surface area contributed by atoms with E-state index in [0.29, 0.717) is 24.4 Å². The number of amides is 1. The van der Waals surface area contributed by atoms with Gasteiger partial charge in [0.15, 0.2) is 0 Å². The van der Waals surface area contributed by atoms with Crippen LogP contribution in [0.15, 0.2) is 35.2 Å². The van der Waals surface area contributed by atoms with Crippen LogP contribution in [-0.4, -0.2) is 75.9 Å². The summed E-state index contributed by atoms with van der Waals surface area (Å²) in [7, 11) is -3.53. The fourth-order valence-corrected chi connectivity index (χ4v) is 5.25. The van der Waals surface area contributed by atoms with Crippen molar-refractivity contribution in [2.75, 3.05) is 52.4 Å². The molecule has 7 nitrogen and oxygen atoms in total. The van der Waals surface area contributed by atoms with Gasteiger partial charge in [-0.25, -0.2) is 8.42 Å². The van der Waals surface area contributed by atoms with Gasteiger partial charge in [0.2, 0.25) is 15.9 Å². The van der Waals surface area contributed by atoms with E-state index in [0.717, 1.165) is 45.6 Å². The highest BCUT2D eigenvalue weighted by Crippen LogP contribution is 2.23. The number of piperazine rings is 1. The van der Waals surface area contributed by atoms with Crippen molar-refractivity contribution in [1.29, 1.82) is 0 Å². The molecule has 0 radical (unpaired) electrons. The first-order valence-corrected chi connectivity index (χ1v) is 11.3. The third-order valence-electron chi connectivity index (χ3n) is 5.30. The Morgan fingerprint density at radius 1 is 1.14 bits per heavy atom. The largest absolute Gasteiger partial charge is 0.356 e. The van der Waals surface area contributed by atoms with Gasteiger partial charge in [0.25, 0.3) is 0 Å². The van der Waals surface area contributed by atoms with Crippen molar-refractivity contribution in [2.24, 2.45) is 5.92 Å². The number of hydrogen-bond donors (Lipinski definition) is 2. The summed E-state index contributed by atoms with van der Waals surface area (Å²) in [6, 6.07) is 8.45. The smallest absolute Gasteiger partial charge is 0.243 e. The van der Waals surface area contributed by atoms with Crippen molar-refractivity contribution in [3.8, 4) is 0 Å². The normalized spacial score (nSPS) is 21.6. The van der Waals surface area contributed by atoms with Crippen molar-refractivity contribution < 1.29 is 13.2 Å². The van der Waals surface area contributed by atoms with Crippen molar-refractivity contribution in [1.82, 2.24) is 19.8 Å². The van der Waals surface area contributed by atoms with Crippen LogP contribution in [0.4, 0.5) is 0 Å². The van der Waals surface area contributed by atoms with Gasteiger partial charge in [0, 0.05) is 45.8 Å². The van der Waals surface area contributed by atoms with Crippen LogP contribution in [0.2, 0.25) is 0 Å². The maximum atomic E-state index is 12.8. The maximum absolute atomic E-state index is 12.8. The lowest BCUT2D eigenvalue weighted by Gasteiger charge is -2.31. The monoisotopic (exact) mass is 430 g/mol. The van der Waals surface area contributed by atoms with Crippen LogP contribution in [0.1, 0.15) is 19.3 Å². The lowest BCUT2D eigenvalue weighted by molar-refractivity contribution is -0.126. The molecule has 2 N–H and O–H groups in total. The topological polar surface area (TPSA) is 81.8 Å². The van der Waals surface area contributed by atoms with Gasteiger partial charge in [0.05, 0.1) is 10.8 Å². The lowest BCUT2D eigenvalue weighted by atomic mass is 9.99. The van der Waals surface area contributed by atoms with E-state index < -0.39 is 10.0 Å². The van der Waals surface area contributed by atoms with Crippen LogP contribution in [0.25, 0.3) is 0 Å². The van der Waals surface area contributed by atoms with Gasteiger partial charge >= 0.3 is 0 Å². The standard InChI is InChI=1S/C19H30N4O3S.ClH/c24-19(21-9-5-12-22-14-10-20-11-15-22)17-6-4-13-23(16-17)27(25,26)18-7-2-1-3-8-18;/h1-3,7-8,17,20H,4-6,9-16H2,(H,21,24);1H. The fourth-order valence-electron chi connectivity index (χ4n) is 3.71.